The Hall–Kier alpha value is -1.26. The predicted molar refractivity (Wildman–Crippen MR) is 84.2 cm³/mol. The van der Waals surface area contributed by atoms with Crippen LogP contribution in [-0.2, 0) is 0 Å². The molecule has 1 aliphatic rings. The minimum atomic E-state index is -0.261. The van der Waals surface area contributed by atoms with Gasteiger partial charge in [0.1, 0.15) is 5.82 Å². The van der Waals surface area contributed by atoms with Crippen molar-refractivity contribution in [2.75, 3.05) is 13.2 Å². The monoisotopic (exact) mass is 370 g/mol. The van der Waals surface area contributed by atoms with Gasteiger partial charge in [-0.05, 0) is 29.3 Å². The summed E-state index contributed by atoms with van der Waals surface area (Å²) in [6.45, 7) is 1.25. The summed E-state index contributed by atoms with van der Waals surface area (Å²) >= 11 is 9.96. The maximum atomic E-state index is 13.0. The third kappa shape index (κ3) is 3.16. The van der Waals surface area contributed by atoms with Crippen molar-refractivity contribution in [2.45, 2.75) is 11.2 Å². The number of benzene rings is 2. The van der Waals surface area contributed by atoms with Gasteiger partial charge in [-0.3, -0.25) is 0 Å². The van der Waals surface area contributed by atoms with E-state index in [0.717, 1.165) is 17.5 Å². The van der Waals surface area contributed by atoms with E-state index in [1.807, 2.05) is 6.07 Å². The minimum absolute atomic E-state index is 0.136. The van der Waals surface area contributed by atoms with Crippen molar-refractivity contribution in [1.29, 1.82) is 0 Å². The summed E-state index contributed by atoms with van der Waals surface area (Å²) in [6.07, 6.45) is 0.845. The van der Waals surface area contributed by atoms with Gasteiger partial charge < -0.3 is 9.47 Å². The van der Waals surface area contributed by atoms with Gasteiger partial charge >= 0.3 is 0 Å². The molecule has 21 heavy (non-hydrogen) atoms. The van der Waals surface area contributed by atoms with E-state index in [9.17, 15) is 4.39 Å². The summed E-state index contributed by atoms with van der Waals surface area (Å²) in [7, 11) is 0. The molecule has 2 aromatic rings. The molecular formula is C16H13BrClFO2. The molecule has 5 heteroatoms. The first-order valence-electron chi connectivity index (χ1n) is 6.64. The zero-order valence-corrected chi connectivity index (χ0v) is 13.5. The van der Waals surface area contributed by atoms with E-state index in [1.165, 1.54) is 12.1 Å². The Kier molecular flexibility index (Phi) is 4.36. The summed E-state index contributed by atoms with van der Waals surface area (Å²) in [6, 6.07) is 9.98. The number of hydrogen-bond donors (Lipinski definition) is 0. The molecule has 0 radical (unpaired) electrons. The Morgan fingerprint density at radius 2 is 1.67 bits per heavy atom. The molecule has 0 N–H and O–H groups in total. The summed E-state index contributed by atoms with van der Waals surface area (Å²) in [4.78, 5) is -0.136. The van der Waals surface area contributed by atoms with Crippen LogP contribution in [0.4, 0.5) is 4.39 Å². The van der Waals surface area contributed by atoms with Crippen molar-refractivity contribution < 1.29 is 13.9 Å². The van der Waals surface area contributed by atoms with Crippen LogP contribution < -0.4 is 9.47 Å². The normalized spacial score (nSPS) is 15.4. The highest BCUT2D eigenvalue weighted by molar-refractivity contribution is 9.09. The maximum Gasteiger partial charge on any atom is 0.162 e. The Morgan fingerprint density at radius 1 is 1.05 bits per heavy atom. The molecule has 0 saturated heterocycles. The van der Waals surface area contributed by atoms with E-state index >= 15 is 0 Å². The van der Waals surface area contributed by atoms with Crippen molar-refractivity contribution in [2.24, 2.45) is 0 Å². The SMILES string of the molecule is Fc1ccc(C(Br)c2cc3c(cc2Cl)OCCCO3)cc1. The molecule has 0 amide bonds. The lowest BCUT2D eigenvalue weighted by molar-refractivity contribution is 0.297. The van der Waals surface area contributed by atoms with Crippen LogP contribution in [0.2, 0.25) is 5.02 Å². The van der Waals surface area contributed by atoms with E-state index in [2.05, 4.69) is 15.9 Å². The van der Waals surface area contributed by atoms with E-state index in [1.54, 1.807) is 18.2 Å². The van der Waals surface area contributed by atoms with Crippen molar-refractivity contribution in [3.63, 3.8) is 0 Å². The van der Waals surface area contributed by atoms with Gasteiger partial charge in [0.15, 0.2) is 11.5 Å². The van der Waals surface area contributed by atoms with Gasteiger partial charge in [-0.15, -0.1) is 0 Å². The zero-order chi connectivity index (χ0) is 14.8. The molecule has 110 valence electrons. The second-order valence-electron chi connectivity index (χ2n) is 4.79. The zero-order valence-electron chi connectivity index (χ0n) is 11.1. The van der Waals surface area contributed by atoms with Crippen LogP contribution in [0.15, 0.2) is 36.4 Å². The molecule has 0 spiro atoms. The largest absolute Gasteiger partial charge is 0.490 e. The second-order valence-corrected chi connectivity index (χ2v) is 6.11. The number of fused-ring (bicyclic) bond motifs is 1. The van der Waals surface area contributed by atoms with Crippen LogP contribution in [-0.4, -0.2) is 13.2 Å². The van der Waals surface area contributed by atoms with E-state index in [0.29, 0.717) is 29.7 Å². The average Bonchev–Trinajstić information content (AvgIpc) is 2.71. The Bertz CT molecular complexity index is 645. The molecule has 0 aliphatic carbocycles. The number of halogens is 3. The number of rotatable bonds is 2. The Morgan fingerprint density at radius 3 is 2.33 bits per heavy atom. The van der Waals surface area contributed by atoms with Gasteiger partial charge in [-0.25, -0.2) is 4.39 Å². The van der Waals surface area contributed by atoms with Crippen LogP contribution in [0, 0.1) is 5.82 Å². The van der Waals surface area contributed by atoms with Gasteiger partial charge in [0.05, 0.1) is 18.0 Å². The van der Waals surface area contributed by atoms with Crippen LogP contribution in [0.3, 0.4) is 0 Å². The number of alkyl halides is 1. The first-order chi connectivity index (χ1) is 10.1. The number of hydrogen-bond acceptors (Lipinski definition) is 2. The lowest BCUT2D eigenvalue weighted by Gasteiger charge is -2.16. The third-order valence-corrected chi connectivity index (χ3v) is 4.65. The summed E-state index contributed by atoms with van der Waals surface area (Å²) in [5.41, 5.74) is 1.79. The molecule has 2 nitrogen and oxygen atoms in total. The standard InChI is InChI=1S/C16H13BrClFO2/c17-16(10-2-4-11(19)5-3-10)12-8-14-15(9-13(12)18)21-7-1-6-20-14/h2-5,8-9,16H,1,6-7H2. The van der Waals surface area contributed by atoms with E-state index in [4.69, 9.17) is 21.1 Å². The van der Waals surface area contributed by atoms with Crippen LogP contribution in [0.1, 0.15) is 22.4 Å². The molecule has 1 aliphatic heterocycles. The highest BCUT2D eigenvalue weighted by Crippen LogP contribution is 2.42. The van der Waals surface area contributed by atoms with Gasteiger partial charge in [0, 0.05) is 17.5 Å². The smallest absolute Gasteiger partial charge is 0.162 e. The fraction of sp³-hybridized carbons (Fsp3) is 0.250. The number of ether oxygens (including phenoxy) is 2. The Balaban J connectivity index is 1.97. The quantitative estimate of drug-likeness (QED) is 0.682. The summed E-state index contributed by atoms with van der Waals surface area (Å²) in [5, 5.41) is 0.588. The minimum Gasteiger partial charge on any atom is -0.490 e. The fourth-order valence-corrected chi connectivity index (χ4v) is 3.28. The predicted octanol–water partition coefficient (Wildman–Crippen LogP) is 5.12. The van der Waals surface area contributed by atoms with Crippen LogP contribution in [0.5, 0.6) is 11.5 Å². The highest BCUT2D eigenvalue weighted by Gasteiger charge is 2.19. The molecule has 0 fully saturated rings. The van der Waals surface area contributed by atoms with Crippen molar-refractivity contribution in [3.8, 4) is 11.5 Å². The summed E-state index contributed by atoms with van der Waals surface area (Å²) in [5.74, 6) is 1.10. The van der Waals surface area contributed by atoms with Crippen LogP contribution >= 0.6 is 27.5 Å². The first-order valence-corrected chi connectivity index (χ1v) is 7.93. The second kappa shape index (κ2) is 6.24. The molecule has 2 aromatic carbocycles. The third-order valence-electron chi connectivity index (χ3n) is 3.30. The molecule has 0 bridgehead atoms. The highest BCUT2D eigenvalue weighted by atomic mass is 79.9. The fourth-order valence-electron chi connectivity index (χ4n) is 2.21. The maximum absolute atomic E-state index is 13.0. The first kappa shape index (κ1) is 14.7. The van der Waals surface area contributed by atoms with Crippen molar-refractivity contribution >= 4 is 27.5 Å². The molecule has 1 unspecified atom stereocenters. The summed E-state index contributed by atoms with van der Waals surface area (Å²) < 4.78 is 24.3. The van der Waals surface area contributed by atoms with E-state index in [-0.39, 0.29) is 10.6 Å². The van der Waals surface area contributed by atoms with Gasteiger partial charge in [-0.2, -0.15) is 0 Å². The van der Waals surface area contributed by atoms with Crippen molar-refractivity contribution in [3.05, 3.63) is 58.4 Å². The molecule has 1 heterocycles. The topological polar surface area (TPSA) is 18.5 Å². The molecule has 1 atom stereocenters. The molecule has 3 rings (SSSR count). The van der Waals surface area contributed by atoms with Crippen LogP contribution in [0.25, 0.3) is 0 Å². The molecule has 0 aromatic heterocycles. The van der Waals surface area contributed by atoms with Crippen molar-refractivity contribution in [1.82, 2.24) is 0 Å². The van der Waals surface area contributed by atoms with E-state index < -0.39 is 0 Å². The lowest BCUT2D eigenvalue weighted by atomic mass is 10.0. The Labute approximate surface area is 136 Å². The van der Waals surface area contributed by atoms with Gasteiger partial charge in [0.2, 0.25) is 0 Å². The lowest BCUT2D eigenvalue weighted by Crippen LogP contribution is -1.98. The molecule has 0 saturated carbocycles. The molecular weight excluding hydrogens is 359 g/mol. The van der Waals surface area contributed by atoms with Gasteiger partial charge in [0.25, 0.3) is 0 Å². The van der Waals surface area contributed by atoms with Gasteiger partial charge in [-0.1, -0.05) is 39.7 Å². The average molecular weight is 372 g/mol.